The van der Waals surface area contributed by atoms with E-state index in [0.717, 1.165) is 19.3 Å². The first kappa shape index (κ1) is 20.1. The number of halogens is 1. The van der Waals surface area contributed by atoms with E-state index < -0.39 is 5.60 Å². The average molecular weight is 398 g/mol. The third-order valence-corrected chi connectivity index (χ3v) is 6.48. The van der Waals surface area contributed by atoms with Crippen molar-refractivity contribution in [3.63, 3.8) is 0 Å². The van der Waals surface area contributed by atoms with E-state index in [-0.39, 0.29) is 11.8 Å². The van der Waals surface area contributed by atoms with Crippen molar-refractivity contribution in [3.05, 3.63) is 16.7 Å². The Morgan fingerprint density at radius 1 is 1.22 bits per heavy atom. The van der Waals surface area contributed by atoms with Crippen LogP contribution in [0.2, 0.25) is 5.02 Å². The lowest BCUT2D eigenvalue weighted by Crippen LogP contribution is -2.44. The van der Waals surface area contributed by atoms with Crippen molar-refractivity contribution in [2.45, 2.75) is 38.2 Å². The van der Waals surface area contributed by atoms with Crippen molar-refractivity contribution in [2.24, 2.45) is 11.8 Å². The minimum atomic E-state index is -0.683. The third kappa shape index (κ3) is 3.34. The van der Waals surface area contributed by atoms with E-state index in [0.29, 0.717) is 53.3 Å². The molecule has 3 atom stereocenters. The molecule has 27 heavy (non-hydrogen) atoms. The largest absolute Gasteiger partial charge is 0.492 e. The molecule has 1 N–H and O–H groups in total. The number of likely N-dealkylation sites (tertiary alicyclic amines) is 1. The van der Waals surface area contributed by atoms with Gasteiger partial charge in [0.25, 0.3) is 5.91 Å². The fourth-order valence-corrected chi connectivity index (χ4v) is 5.00. The van der Waals surface area contributed by atoms with Crippen LogP contribution in [-0.2, 0) is 0 Å². The van der Waals surface area contributed by atoms with Gasteiger partial charge in [-0.05, 0) is 31.2 Å². The Balaban J connectivity index is 1.94. The van der Waals surface area contributed by atoms with E-state index in [4.69, 9.17) is 25.8 Å². The monoisotopic (exact) mass is 397 g/mol. The molecule has 1 saturated carbocycles. The number of rotatable bonds is 5. The quantitative estimate of drug-likeness (QED) is 0.824. The molecule has 150 valence electrons. The average Bonchev–Trinajstić information content (AvgIpc) is 3.12. The number of carbonyl (C=O) groups is 1. The van der Waals surface area contributed by atoms with Crippen molar-refractivity contribution >= 4 is 17.5 Å². The van der Waals surface area contributed by atoms with Gasteiger partial charge in [0.05, 0.1) is 37.5 Å². The van der Waals surface area contributed by atoms with Crippen LogP contribution in [0.3, 0.4) is 0 Å². The number of methoxy groups -OCH3 is 3. The number of fused-ring (bicyclic) bond motifs is 1. The summed E-state index contributed by atoms with van der Waals surface area (Å²) in [7, 11) is 4.46. The fraction of sp³-hybridized carbons (Fsp3) is 0.650. The van der Waals surface area contributed by atoms with Gasteiger partial charge in [0, 0.05) is 19.0 Å². The van der Waals surface area contributed by atoms with Crippen LogP contribution in [0.5, 0.6) is 17.2 Å². The summed E-state index contributed by atoms with van der Waals surface area (Å²) >= 11 is 6.31. The summed E-state index contributed by atoms with van der Waals surface area (Å²) in [5.74, 6) is 1.23. The van der Waals surface area contributed by atoms with Crippen LogP contribution in [0.1, 0.15) is 43.0 Å². The Hall–Kier alpha value is -1.66. The normalized spacial score (nSPS) is 27.3. The highest BCUT2D eigenvalue weighted by Crippen LogP contribution is 2.47. The zero-order valence-corrected chi connectivity index (χ0v) is 17.1. The minimum absolute atomic E-state index is 0.113. The van der Waals surface area contributed by atoms with Gasteiger partial charge in [-0.1, -0.05) is 24.9 Å². The SMILES string of the molecule is CC[C@]1(O)CCC[C@H]2CN(C(=O)c3cc(Cl)c(OC)c(OC)c3OC)C[C@H]21. The van der Waals surface area contributed by atoms with Crippen LogP contribution in [0.4, 0.5) is 0 Å². The summed E-state index contributed by atoms with van der Waals surface area (Å²) in [6.07, 6.45) is 3.56. The second-order valence-electron chi connectivity index (χ2n) is 7.43. The molecule has 7 heteroatoms. The smallest absolute Gasteiger partial charge is 0.257 e. The molecule has 2 aliphatic rings. The molecule has 3 rings (SSSR count). The first-order valence-corrected chi connectivity index (χ1v) is 9.78. The number of ether oxygens (including phenoxy) is 3. The Bertz CT molecular complexity index is 725. The maximum Gasteiger partial charge on any atom is 0.257 e. The second kappa shape index (κ2) is 7.76. The highest BCUT2D eigenvalue weighted by Gasteiger charge is 2.49. The third-order valence-electron chi connectivity index (χ3n) is 6.20. The minimum Gasteiger partial charge on any atom is -0.492 e. The summed E-state index contributed by atoms with van der Waals surface area (Å²) in [6.45, 7) is 3.20. The van der Waals surface area contributed by atoms with E-state index in [2.05, 4.69) is 0 Å². The van der Waals surface area contributed by atoms with Crippen molar-refractivity contribution < 1.29 is 24.1 Å². The molecule has 6 nitrogen and oxygen atoms in total. The van der Waals surface area contributed by atoms with Crippen LogP contribution in [0.15, 0.2) is 6.07 Å². The molecule has 2 fully saturated rings. The van der Waals surface area contributed by atoms with E-state index in [1.807, 2.05) is 6.92 Å². The van der Waals surface area contributed by atoms with Crippen molar-refractivity contribution in [2.75, 3.05) is 34.4 Å². The maximum absolute atomic E-state index is 13.3. The molecule has 0 unspecified atom stereocenters. The molecule has 1 aliphatic carbocycles. The van der Waals surface area contributed by atoms with Gasteiger partial charge in [0.2, 0.25) is 5.75 Å². The molecule has 1 heterocycles. The van der Waals surface area contributed by atoms with Crippen LogP contribution >= 0.6 is 11.6 Å². The Morgan fingerprint density at radius 2 is 1.89 bits per heavy atom. The molecule has 0 bridgehead atoms. The van der Waals surface area contributed by atoms with Gasteiger partial charge in [0.15, 0.2) is 11.5 Å². The summed E-state index contributed by atoms with van der Waals surface area (Å²) < 4.78 is 16.2. The Morgan fingerprint density at radius 3 is 2.48 bits per heavy atom. The maximum atomic E-state index is 13.3. The highest BCUT2D eigenvalue weighted by atomic mass is 35.5. The number of nitrogens with zero attached hydrogens (tertiary/aromatic N) is 1. The van der Waals surface area contributed by atoms with Gasteiger partial charge in [-0.15, -0.1) is 0 Å². The summed E-state index contributed by atoms with van der Waals surface area (Å²) in [5.41, 5.74) is -0.337. The second-order valence-corrected chi connectivity index (χ2v) is 7.84. The highest BCUT2D eigenvalue weighted by molar-refractivity contribution is 6.33. The Labute approximate surface area is 165 Å². The van der Waals surface area contributed by atoms with E-state index in [1.54, 1.807) is 11.0 Å². The van der Waals surface area contributed by atoms with Gasteiger partial charge in [-0.2, -0.15) is 0 Å². The van der Waals surface area contributed by atoms with Gasteiger partial charge < -0.3 is 24.2 Å². The lowest BCUT2D eigenvalue weighted by molar-refractivity contribution is -0.0609. The van der Waals surface area contributed by atoms with Crippen LogP contribution in [0, 0.1) is 11.8 Å². The summed E-state index contributed by atoms with van der Waals surface area (Å²) in [4.78, 5) is 15.1. The molecule has 0 spiro atoms. The van der Waals surface area contributed by atoms with Crippen molar-refractivity contribution in [1.82, 2.24) is 4.90 Å². The van der Waals surface area contributed by atoms with Crippen molar-refractivity contribution in [3.8, 4) is 17.2 Å². The van der Waals surface area contributed by atoms with E-state index >= 15 is 0 Å². The summed E-state index contributed by atoms with van der Waals surface area (Å²) in [6, 6.07) is 1.57. The first-order valence-electron chi connectivity index (χ1n) is 9.40. The lowest BCUT2D eigenvalue weighted by Gasteiger charge is -2.40. The fourth-order valence-electron chi connectivity index (χ4n) is 4.73. The number of hydrogen-bond donors (Lipinski definition) is 1. The zero-order chi connectivity index (χ0) is 19.8. The molecule has 1 aromatic rings. The standard InChI is InChI=1S/C20H28ClNO5/c1-5-20(24)8-6-7-12-10-22(11-14(12)20)19(23)13-9-15(21)17(26-3)18(27-4)16(13)25-2/h9,12,14,24H,5-8,10-11H2,1-4H3/t12-,14+,20-/m0/s1. The molecular weight excluding hydrogens is 370 g/mol. The predicted molar refractivity (Wildman–Crippen MR) is 103 cm³/mol. The zero-order valence-electron chi connectivity index (χ0n) is 16.4. The number of carbonyl (C=O) groups excluding carboxylic acids is 1. The number of aliphatic hydroxyl groups is 1. The van der Waals surface area contributed by atoms with Crippen LogP contribution in [0.25, 0.3) is 0 Å². The molecule has 0 aromatic heterocycles. The molecule has 1 amide bonds. The number of hydrogen-bond acceptors (Lipinski definition) is 5. The van der Waals surface area contributed by atoms with Crippen LogP contribution < -0.4 is 14.2 Å². The van der Waals surface area contributed by atoms with E-state index in [9.17, 15) is 9.90 Å². The van der Waals surface area contributed by atoms with Gasteiger partial charge in [-0.3, -0.25) is 4.79 Å². The molecule has 1 saturated heterocycles. The number of benzene rings is 1. The van der Waals surface area contributed by atoms with Crippen molar-refractivity contribution in [1.29, 1.82) is 0 Å². The molecule has 1 aliphatic heterocycles. The van der Waals surface area contributed by atoms with Crippen LogP contribution in [-0.4, -0.2) is 55.9 Å². The first-order chi connectivity index (χ1) is 12.9. The molecular formula is C20H28ClNO5. The van der Waals surface area contributed by atoms with Gasteiger partial charge in [-0.25, -0.2) is 0 Å². The lowest BCUT2D eigenvalue weighted by atomic mass is 9.69. The predicted octanol–water partition coefficient (Wildman–Crippen LogP) is 3.38. The molecule has 0 radical (unpaired) electrons. The van der Waals surface area contributed by atoms with Gasteiger partial charge >= 0.3 is 0 Å². The van der Waals surface area contributed by atoms with Gasteiger partial charge in [0.1, 0.15) is 0 Å². The Kier molecular flexibility index (Phi) is 5.77. The molecule has 1 aromatic carbocycles. The topological polar surface area (TPSA) is 68.2 Å². The summed E-state index contributed by atoms with van der Waals surface area (Å²) in [5, 5.41) is 11.3. The van der Waals surface area contributed by atoms with E-state index in [1.165, 1.54) is 21.3 Å². The number of amides is 1.